The van der Waals surface area contributed by atoms with Gasteiger partial charge in [-0.3, -0.25) is 4.79 Å². The summed E-state index contributed by atoms with van der Waals surface area (Å²) in [6, 6.07) is 4.16. The molecule has 110 valence electrons. The van der Waals surface area contributed by atoms with Crippen molar-refractivity contribution in [2.24, 2.45) is 0 Å². The summed E-state index contributed by atoms with van der Waals surface area (Å²) in [4.78, 5) is 22.5. The molecule has 0 heterocycles. The number of halogens is 3. The third-order valence-electron chi connectivity index (χ3n) is 2.40. The van der Waals surface area contributed by atoms with E-state index in [1.54, 1.807) is 11.4 Å². The Labute approximate surface area is 112 Å². The SMILES string of the molecule is COC(=O)C(NC(=O)C(F)(F)F)c1cccc(OC)c1. The zero-order valence-electron chi connectivity index (χ0n) is 10.7. The van der Waals surface area contributed by atoms with Crippen molar-refractivity contribution in [3.63, 3.8) is 0 Å². The molecule has 0 bridgehead atoms. The molecule has 1 atom stereocenters. The second-order valence-corrected chi connectivity index (χ2v) is 3.70. The molecule has 20 heavy (non-hydrogen) atoms. The molecule has 8 heteroatoms. The van der Waals surface area contributed by atoms with Gasteiger partial charge in [-0.15, -0.1) is 0 Å². The molecule has 0 fully saturated rings. The highest BCUT2D eigenvalue weighted by Gasteiger charge is 2.41. The third-order valence-corrected chi connectivity index (χ3v) is 2.40. The average Bonchev–Trinajstić information content (AvgIpc) is 2.42. The number of carbonyl (C=O) groups excluding carboxylic acids is 2. The van der Waals surface area contributed by atoms with Crippen LogP contribution in [0, 0.1) is 0 Å². The number of methoxy groups -OCH3 is 2. The number of rotatable bonds is 4. The van der Waals surface area contributed by atoms with Crippen molar-refractivity contribution in [2.75, 3.05) is 14.2 Å². The van der Waals surface area contributed by atoms with Gasteiger partial charge in [0.15, 0.2) is 6.04 Å². The first-order valence-electron chi connectivity index (χ1n) is 5.39. The summed E-state index contributed by atoms with van der Waals surface area (Å²) < 4.78 is 46.0. The third kappa shape index (κ3) is 3.87. The summed E-state index contributed by atoms with van der Waals surface area (Å²) in [6.45, 7) is 0. The van der Waals surface area contributed by atoms with E-state index in [2.05, 4.69) is 4.74 Å². The molecule has 1 aromatic rings. The molecule has 1 amide bonds. The number of alkyl halides is 3. The molecule has 0 aliphatic heterocycles. The molecule has 5 nitrogen and oxygen atoms in total. The summed E-state index contributed by atoms with van der Waals surface area (Å²) in [5, 5.41) is 1.58. The topological polar surface area (TPSA) is 64.6 Å². The molecule has 0 saturated carbocycles. The molecule has 0 spiro atoms. The van der Waals surface area contributed by atoms with Crippen LogP contribution in [0.2, 0.25) is 0 Å². The Hall–Kier alpha value is -2.25. The van der Waals surface area contributed by atoms with E-state index in [0.29, 0.717) is 5.75 Å². The standard InChI is InChI=1S/C12H12F3NO4/c1-19-8-5-3-4-7(6-8)9(10(17)20-2)16-11(18)12(13,14)15/h3-6,9H,1-2H3,(H,16,18). The molecular formula is C12H12F3NO4. The van der Waals surface area contributed by atoms with Gasteiger partial charge in [-0.05, 0) is 17.7 Å². The Morgan fingerprint density at radius 3 is 2.40 bits per heavy atom. The van der Waals surface area contributed by atoms with Crippen molar-refractivity contribution < 1.29 is 32.2 Å². The smallest absolute Gasteiger partial charge is 0.471 e. The first-order chi connectivity index (χ1) is 9.29. The van der Waals surface area contributed by atoms with E-state index < -0.39 is 24.1 Å². The van der Waals surface area contributed by atoms with Crippen LogP contribution in [0.5, 0.6) is 5.75 Å². The lowest BCUT2D eigenvalue weighted by Crippen LogP contribution is -2.42. The number of carbonyl (C=O) groups is 2. The molecule has 1 rings (SSSR count). The van der Waals surface area contributed by atoms with Gasteiger partial charge in [0.2, 0.25) is 0 Å². The number of amides is 1. The Morgan fingerprint density at radius 1 is 1.25 bits per heavy atom. The molecule has 1 unspecified atom stereocenters. The van der Waals surface area contributed by atoms with E-state index in [9.17, 15) is 22.8 Å². The number of hydrogen-bond acceptors (Lipinski definition) is 4. The Bertz CT molecular complexity index is 502. The lowest BCUT2D eigenvalue weighted by atomic mass is 10.1. The maximum absolute atomic E-state index is 12.2. The fourth-order valence-electron chi connectivity index (χ4n) is 1.43. The number of benzene rings is 1. The van der Waals surface area contributed by atoms with Crippen LogP contribution in [0.4, 0.5) is 13.2 Å². The second kappa shape index (κ2) is 6.27. The van der Waals surface area contributed by atoms with Crippen molar-refractivity contribution in [2.45, 2.75) is 12.2 Å². The molecule has 1 N–H and O–H groups in total. The van der Waals surface area contributed by atoms with Crippen LogP contribution in [-0.2, 0) is 14.3 Å². The molecule has 1 aromatic carbocycles. The van der Waals surface area contributed by atoms with Crippen molar-refractivity contribution in [3.8, 4) is 5.75 Å². The monoisotopic (exact) mass is 291 g/mol. The van der Waals surface area contributed by atoms with Gasteiger partial charge >= 0.3 is 18.1 Å². The van der Waals surface area contributed by atoms with Gasteiger partial charge in [-0.1, -0.05) is 12.1 Å². The van der Waals surface area contributed by atoms with Gasteiger partial charge < -0.3 is 14.8 Å². The molecule has 0 aliphatic rings. The minimum absolute atomic E-state index is 0.119. The zero-order valence-corrected chi connectivity index (χ0v) is 10.7. The van der Waals surface area contributed by atoms with Crippen LogP contribution in [0.1, 0.15) is 11.6 Å². The highest BCUT2D eigenvalue weighted by atomic mass is 19.4. The fraction of sp³-hybridized carbons (Fsp3) is 0.333. The largest absolute Gasteiger partial charge is 0.497 e. The van der Waals surface area contributed by atoms with Crippen molar-refractivity contribution in [1.29, 1.82) is 0 Å². The van der Waals surface area contributed by atoms with E-state index in [-0.39, 0.29) is 5.56 Å². The Balaban J connectivity index is 3.06. The van der Waals surface area contributed by atoms with Crippen LogP contribution in [-0.4, -0.2) is 32.3 Å². The highest BCUT2D eigenvalue weighted by molar-refractivity contribution is 5.88. The van der Waals surface area contributed by atoms with E-state index in [1.165, 1.54) is 25.3 Å². The summed E-state index contributed by atoms with van der Waals surface area (Å²) >= 11 is 0. The molecule has 0 aliphatic carbocycles. The number of hydrogen-bond donors (Lipinski definition) is 1. The summed E-state index contributed by atoms with van der Waals surface area (Å²) in [5.74, 6) is -2.91. The normalized spacial score (nSPS) is 12.4. The summed E-state index contributed by atoms with van der Waals surface area (Å²) in [6.07, 6.45) is -5.09. The van der Waals surface area contributed by atoms with E-state index in [0.717, 1.165) is 7.11 Å². The van der Waals surface area contributed by atoms with Crippen LogP contribution < -0.4 is 10.1 Å². The van der Waals surface area contributed by atoms with E-state index in [4.69, 9.17) is 4.74 Å². The number of nitrogens with one attached hydrogen (secondary N) is 1. The first kappa shape index (κ1) is 15.8. The molecule has 0 aromatic heterocycles. The highest BCUT2D eigenvalue weighted by Crippen LogP contribution is 2.22. The zero-order chi connectivity index (χ0) is 15.3. The average molecular weight is 291 g/mol. The van der Waals surface area contributed by atoms with Gasteiger partial charge in [-0.25, -0.2) is 4.79 Å². The first-order valence-corrected chi connectivity index (χ1v) is 5.39. The van der Waals surface area contributed by atoms with Gasteiger partial charge in [0.1, 0.15) is 5.75 Å². The van der Waals surface area contributed by atoms with E-state index in [1.807, 2.05) is 0 Å². The van der Waals surface area contributed by atoms with Crippen LogP contribution >= 0.6 is 0 Å². The predicted octanol–water partition coefficient (Wildman–Crippen LogP) is 1.59. The quantitative estimate of drug-likeness (QED) is 0.856. The fourth-order valence-corrected chi connectivity index (χ4v) is 1.43. The summed E-state index contributed by atoms with van der Waals surface area (Å²) in [5.41, 5.74) is 0.119. The molecule has 0 saturated heterocycles. The lowest BCUT2D eigenvalue weighted by molar-refractivity contribution is -0.175. The number of ether oxygens (including phenoxy) is 2. The number of esters is 1. The minimum Gasteiger partial charge on any atom is -0.497 e. The predicted molar refractivity (Wildman–Crippen MR) is 61.9 cm³/mol. The second-order valence-electron chi connectivity index (χ2n) is 3.70. The molecular weight excluding hydrogens is 279 g/mol. The van der Waals surface area contributed by atoms with Crippen LogP contribution in [0.25, 0.3) is 0 Å². The van der Waals surface area contributed by atoms with Crippen LogP contribution in [0.3, 0.4) is 0 Å². The Morgan fingerprint density at radius 2 is 1.90 bits per heavy atom. The maximum Gasteiger partial charge on any atom is 0.471 e. The Kier molecular flexibility index (Phi) is 4.95. The van der Waals surface area contributed by atoms with Crippen molar-refractivity contribution in [3.05, 3.63) is 29.8 Å². The van der Waals surface area contributed by atoms with Crippen molar-refractivity contribution >= 4 is 11.9 Å². The van der Waals surface area contributed by atoms with Gasteiger partial charge in [-0.2, -0.15) is 13.2 Å². The summed E-state index contributed by atoms with van der Waals surface area (Å²) in [7, 11) is 2.37. The molecule has 0 radical (unpaired) electrons. The lowest BCUT2D eigenvalue weighted by Gasteiger charge is -2.18. The van der Waals surface area contributed by atoms with Crippen LogP contribution in [0.15, 0.2) is 24.3 Å². The van der Waals surface area contributed by atoms with Crippen molar-refractivity contribution in [1.82, 2.24) is 5.32 Å². The van der Waals surface area contributed by atoms with Gasteiger partial charge in [0, 0.05) is 0 Å². The maximum atomic E-state index is 12.2. The van der Waals surface area contributed by atoms with E-state index >= 15 is 0 Å². The van der Waals surface area contributed by atoms with Gasteiger partial charge in [0.25, 0.3) is 0 Å². The van der Waals surface area contributed by atoms with Gasteiger partial charge in [0.05, 0.1) is 14.2 Å². The minimum atomic E-state index is -5.09.